The lowest BCUT2D eigenvalue weighted by atomic mass is 10.1. The number of carbonyl (C=O) groups is 2. The van der Waals surface area contributed by atoms with Crippen LogP contribution in [0.5, 0.6) is 17.2 Å². The molecule has 0 saturated heterocycles. The Bertz CT molecular complexity index is 1410. The third-order valence-electron chi connectivity index (χ3n) is 7.27. The predicted molar refractivity (Wildman–Crippen MR) is 175 cm³/mol. The van der Waals surface area contributed by atoms with Crippen molar-refractivity contribution in [2.75, 3.05) is 26.9 Å². The van der Waals surface area contributed by atoms with Gasteiger partial charge >= 0.3 is 18.1 Å². The Balaban J connectivity index is 0.000000356. The number of unbranched alkanes of at least 4 members (excludes halogenated alkanes) is 2. The van der Waals surface area contributed by atoms with Gasteiger partial charge in [0, 0.05) is 12.3 Å². The van der Waals surface area contributed by atoms with E-state index in [2.05, 4.69) is 4.84 Å². The molecule has 0 aromatic heterocycles. The van der Waals surface area contributed by atoms with Gasteiger partial charge in [-0.1, -0.05) is 36.8 Å². The summed E-state index contributed by atoms with van der Waals surface area (Å²) in [6.07, 6.45) is 6.59. The second kappa shape index (κ2) is 22.2. The van der Waals surface area contributed by atoms with Crippen molar-refractivity contribution in [3.8, 4) is 17.2 Å². The highest BCUT2D eigenvalue weighted by Gasteiger charge is 2.30. The zero-order valence-corrected chi connectivity index (χ0v) is 28.0. The van der Waals surface area contributed by atoms with Crippen LogP contribution in [0.4, 0.5) is 13.2 Å². The van der Waals surface area contributed by atoms with Crippen LogP contribution in [0, 0.1) is 16.0 Å². The highest BCUT2D eigenvalue weighted by molar-refractivity contribution is 5.90. The number of hydrogen-bond donors (Lipinski definition) is 2. The first-order chi connectivity index (χ1) is 23.8. The number of allylic oxidation sites excluding steroid dienone is 2. The summed E-state index contributed by atoms with van der Waals surface area (Å²) in [7, 11) is 1.41. The van der Waals surface area contributed by atoms with E-state index in [9.17, 15) is 43.1 Å². The zero-order valence-electron chi connectivity index (χ0n) is 28.0. The third kappa shape index (κ3) is 16.2. The van der Waals surface area contributed by atoms with Crippen LogP contribution < -0.4 is 14.2 Å². The highest BCUT2D eigenvalue weighted by atomic mass is 19.4. The van der Waals surface area contributed by atoms with Gasteiger partial charge in [-0.05, 0) is 81.8 Å². The molecule has 0 amide bonds. The first-order valence-corrected chi connectivity index (χ1v) is 16.1. The van der Waals surface area contributed by atoms with Gasteiger partial charge in [0.2, 0.25) is 0 Å². The first kappa shape index (κ1) is 41.5. The molecule has 1 aliphatic carbocycles. The van der Waals surface area contributed by atoms with Gasteiger partial charge in [-0.2, -0.15) is 13.2 Å². The maximum Gasteiger partial charge on any atom is 0.416 e. The Labute approximate surface area is 288 Å². The molecular formula is C35H44F3NO11. The number of hydrogen-bond acceptors (Lipinski definition) is 11. The van der Waals surface area contributed by atoms with Crippen molar-refractivity contribution in [3.63, 3.8) is 0 Å². The molecule has 1 saturated carbocycles. The molecule has 15 heteroatoms. The molecule has 2 aromatic carbocycles. The summed E-state index contributed by atoms with van der Waals surface area (Å²) < 4.78 is 58.4. The number of halogens is 3. The number of carbonyl (C=O) groups excluding carboxylic acids is 2. The summed E-state index contributed by atoms with van der Waals surface area (Å²) in [4.78, 5) is 38.1. The van der Waals surface area contributed by atoms with E-state index in [1.807, 2.05) is 19.1 Å². The molecule has 276 valence electrons. The van der Waals surface area contributed by atoms with Crippen LogP contribution in [0.25, 0.3) is 0 Å². The standard InChI is InChI=1S/C19H25NO8.C16H19F3O3/c1-3-4-5-6-9-18(21)28-16-11-10-15(14-17(16)25-2)19(22)26-12-7-8-13-27-20(23)24;17-16(18,19)12-4-2-5-14(9-12)22-10-13(20)8-7-11-3-1-6-15(11)21/h3-4,10-11,14H,5-9,12-13H2,1-2H3;2,4-5,7-9,11,13,15,20-21H,1,3,6,10H2/b4-3-;8-7+/t;11?,13?,15-/m.1/s1. The van der Waals surface area contributed by atoms with Crippen molar-refractivity contribution in [1.82, 2.24) is 0 Å². The van der Waals surface area contributed by atoms with Crippen molar-refractivity contribution >= 4 is 11.9 Å². The number of nitrogens with zero attached hydrogens (tertiary/aromatic N) is 1. The van der Waals surface area contributed by atoms with Crippen LogP contribution in [0.3, 0.4) is 0 Å². The summed E-state index contributed by atoms with van der Waals surface area (Å²) in [5.41, 5.74) is -0.546. The van der Waals surface area contributed by atoms with Crippen LogP contribution in [0.2, 0.25) is 0 Å². The number of esters is 2. The van der Waals surface area contributed by atoms with Crippen molar-refractivity contribution < 1.29 is 61.8 Å². The molecule has 1 fully saturated rings. The summed E-state index contributed by atoms with van der Waals surface area (Å²) in [5.74, 6) is -0.387. The van der Waals surface area contributed by atoms with Gasteiger partial charge in [0.25, 0.3) is 5.09 Å². The molecule has 1 aliphatic rings. The Kier molecular flexibility index (Phi) is 18.4. The number of aliphatic hydroxyl groups excluding tert-OH is 2. The quantitative estimate of drug-likeness (QED) is 0.0425. The van der Waals surface area contributed by atoms with E-state index in [0.29, 0.717) is 19.3 Å². The zero-order chi connectivity index (χ0) is 36.9. The summed E-state index contributed by atoms with van der Waals surface area (Å²) in [6.45, 7) is 1.83. The van der Waals surface area contributed by atoms with Crippen molar-refractivity contribution in [2.45, 2.75) is 76.7 Å². The lowest BCUT2D eigenvalue weighted by Crippen LogP contribution is -2.17. The van der Waals surface area contributed by atoms with Gasteiger partial charge < -0.3 is 34.0 Å². The van der Waals surface area contributed by atoms with E-state index in [-0.39, 0.29) is 67.0 Å². The monoisotopic (exact) mass is 711 g/mol. The van der Waals surface area contributed by atoms with Gasteiger partial charge in [-0.3, -0.25) is 4.79 Å². The second-order valence-electron chi connectivity index (χ2n) is 11.2. The second-order valence-corrected chi connectivity index (χ2v) is 11.2. The molecule has 2 aromatic rings. The molecule has 0 radical (unpaired) electrons. The lowest BCUT2D eigenvalue weighted by molar-refractivity contribution is -0.757. The average Bonchev–Trinajstić information content (AvgIpc) is 3.50. The maximum atomic E-state index is 12.6. The van der Waals surface area contributed by atoms with E-state index >= 15 is 0 Å². The van der Waals surface area contributed by atoms with E-state index in [0.717, 1.165) is 37.8 Å². The normalized spacial score (nSPS) is 16.4. The van der Waals surface area contributed by atoms with E-state index in [1.165, 1.54) is 43.5 Å². The Morgan fingerprint density at radius 1 is 1.08 bits per heavy atom. The van der Waals surface area contributed by atoms with Gasteiger partial charge in [-0.15, -0.1) is 10.1 Å². The lowest BCUT2D eigenvalue weighted by Gasteiger charge is -2.13. The Hall–Kier alpha value is -4.63. The molecule has 3 rings (SSSR count). The minimum atomic E-state index is -4.42. The van der Waals surface area contributed by atoms with Crippen LogP contribution in [0.1, 0.15) is 74.2 Å². The van der Waals surface area contributed by atoms with Crippen LogP contribution >= 0.6 is 0 Å². The fourth-order valence-corrected chi connectivity index (χ4v) is 4.64. The fourth-order valence-electron chi connectivity index (χ4n) is 4.64. The molecular weight excluding hydrogens is 667 g/mol. The SMILES string of the molecule is C/C=C\CCCC(=O)Oc1ccc(C(=O)OCCCCO[N+](=O)[O-])cc1OC.OC(/C=C/C1CCC[C@H]1O)COc1cccc(C(F)(F)F)c1. The molecule has 2 N–H and O–H groups in total. The highest BCUT2D eigenvalue weighted by Crippen LogP contribution is 2.32. The molecule has 0 spiro atoms. The van der Waals surface area contributed by atoms with Gasteiger partial charge in [0.15, 0.2) is 11.5 Å². The number of rotatable bonds is 18. The Morgan fingerprint density at radius 3 is 2.50 bits per heavy atom. The fraction of sp³-hybridized carbons (Fsp3) is 0.486. The molecule has 0 heterocycles. The maximum absolute atomic E-state index is 12.6. The molecule has 50 heavy (non-hydrogen) atoms. The van der Waals surface area contributed by atoms with E-state index in [4.69, 9.17) is 18.9 Å². The summed E-state index contributed by atoms with van der Waals surface area (Å²) in [6, 6.07) is 8.91. The predicted octanol–water partition coefficient (Wildman–Crippen LogP) is 6.65. The molecule has 12 nitrogen and oxygen atoms in total. The largest absolute Gasteiger partial charge is 0.493 e. The third-order valence-corrected chi connectivity index (χ3v) is 7.27. The molecule has 0 aliphatic heterocycles. The van der Waals surface area contributed by atoms with Crippen LogP contribution in [-0.2, 0) is 20.5 Å². The van der Waals surface area contributed by atoms with Crippen molar-refractivity contribution in [2.24, 2.45) is 5.92 Å². The average molecular weight is 712 g/mol. The Morgan fingerprint density at radius 2 is 1.84 bits per heavy atom. The molecule has 3 atom stereocenters. The van der Waals surface area contributed by atoms with E-state index < -0.39 is 28.9 Å². The van der Waals surface area contributed by atoms with Gasteiger partial charge in [0.05, 0.1) is 37.6 Å². The number of alkyl halides is 3. The van der Waals surface area contributed by atoms with Crippen molar-refractivity contribution in [1.29, 1.82) is 0 Å². The number of methoxy groups -OCH3 is 1. The van der Waals surface area contributed by atoms with Gasteiger partial charge in [-0.25, -0.2) is 4.79 Å². The topological polar surface area (TPSA) is 164 Å². The van der Waals surface area contributed by atoms with Crippen LogP contribution in [-0.4, -0.2) is 66.4 Å². The molecule has 0 bridgehead atoms. The number of benzene rings is 2. The minimum absolute atomic E-state index is 0.0307. The smallest absolute Gasteiger partial charge is 0.416 e. The van der Waals surface area contributed by atoms with E-state index in [1.54, 1.807) is 6.08 Å². The first-order valence-electron chi connectivity index (χ1n) is 16.1. The molecule has 2 unspecified atom stereocenters. The van der Waals surface area contributed by atoms with Crippen LogP contribution in [0.15, 0.2) is 66.8 Å². The number of aliphatic hydroxyl groups is 2. The van der Waals surface area contributed by atoms with Crippen molar-refractivity contribution in [3.05, 3.63) is 88.0 Å². The number of ether oxygens (including phenoxy) is 4. The summed E-state index contributed by atoms with van der Waals surface area (Å²) in [5, 5.41) is 28.6. The summed E-state index contributed by atoms with van der Waals surface area (Å²) >= 11 is 0. The minimum Gasteiger partial charge on any atom is -0.493 e. The van der Waals surface area contributed by atoms with Gasteiger partial charge in [0.1, 0.15) is 18.5 Å².